The highest BCUT2D eigenvalue weighted by Crippen LogP contribution is 2.34. The number of nitrogens with zero attached hydrogens (tertiary/aromatic N) is 2. The van der Waals surface area contributed by atoms with Gasteiger partial charge in [0.05, 0.1) is 11.7 Å². The van der Waals surface area contributed by atoms with E-state index in [1.165, 1.54) is 0 Å². The van der Waals surface area contributed by atoms with Crippen LogP contribution in [-0.2, 0) is 6.54 Å². The van der Waals surface area contributed by atoms with E-state index in [0.717, 1.165) is 23.8 Å². The molecule has 0 saturated heterocycles. The fourth-order valence-electron chi connectivity index (χ4n) is 3.67. The first-order chi connectivity index (χ1) is 15.2. The Balaban J connectivity index is 2.03. The van der Waals surface area contributed by atoms with Crippen LogP contribution in [0.15, 0.2) is 54.7 Å². The minimum Gasteiger partial charge on any atom is -0.329 e. The average Bonchev–Trinajstić information content (AvgIpc) is 3.15. The van der Waals surface area contributed by atoms with Gasteiger partial charge in [0.2, 0.25) is 0 Å². The van der Waals surface area contributed by atoms with E-state index in [1.807, 2.05) is 34.9 Å². The largest absolute Gasteiger partial charge is 0.329 e. The van der Waals surface area contributed by atoms with Gasteiger partial charge in [0.25, 0.3) is 0 Å². The number of hydrogen-bond donors (Lipinski definition) is 2. The van der Waals surface area contributed by atoms with Crippen LogP contribution in [0.5, 0.6) is 0 Å². The van der Waals surface area contributed by atoms with Crippen molar-refractivity contribution in [3.63, 3.8) is 0 Å². The molecule has 0 amide bonds. The zero-order valence-corrected chi connectivity index (χ0v) is 18.8. The van der Waals surface area contributed by atoms with Crippen LogP contribution in [0.1, 0.15) is 44.6 Å². The molecule has 0 aliphatic heterocycles. The Morgan fingerprint density at radius 2 is 1.81 bits per heavy atom. The summed E-state index contributed by atoms with van der Waals surface area (Å²) in [5, 5.41) is 3.46. The first-order valence-corrected chi connectivity index (χ1v) is 10.8. The van der Waals surface area contributed by atoms with Crippen LogP contribution in [0.4, 0.5) is 13.2 Å². The van der Waals surface area contributed by atoms with E-state index in [2.05, 4.69) is 26.1 Å². The Morgan fingerprint density at radius 1 is 1.09 bits per heavy atom. The van der Waals surface area contributed by atoms with E-state index in [9.17, 15) is 13.2 Å². The number of hydrogen-bond acceptors (Lipinski definition) is 3. The van der Waals surface area contributed by atoms with Crippen molar-refractivity contribution in [1.82, 2.24) is 14.9 Å². The lowest BCUT2D eigenvalue weighted by molar-refractivity contribution is 0.252. The molecule has 32 heavy (non-hydrogen) atoms. The highest BCUT2D eigenvalue weighted by atomic mass is 19.1. The summed E-state index contributed by atoms with van der Waals surface area (Å²) in [7, 11) is 0. The molecule has 0 fully saturated rings. The third-order valence-corrected chi connectivity index (χ3v) is 5.39. The Morgan fingerprint density at radius 3 is 2.47 bits per heavy atom. The number of rotatable bonds is 9. The van der Waals surface area contributed by atoms with Crippen LogP contribution in [0.3, 0.4) is 0 Å². The number of alkyl halides is 1. The van der Waals surface area contributed by atoms with Gasteiger partial charge in [-0.1, -0.05) is 51.1 Å². The van der Waals surface area contributed by atoms with Crippen LogP contribution < -0.4 is 11.1 Å². The molecule has 0 radical (unpaired) electrons. The summed E-state index contributed by atoms with van der Waals surface area (Å²) >= 11 is 0. The van der Waals surface area contributed by atoms with E-state index < -0.39 is 24.4 Å². The van der Waals surface area contributed by atoms with Gasteiger partial charge in [-0.3, -0.25) is 0 Å². The predicted octanol–water partition coefficient (Wildman–Crippen LogP) is 5.24. The fraction of sp³-hybridized carbons (Fsp3) is 0.400. The molecule has 7 heteroatoms. The molecule has 0 saturated carbocycles. The van der Waals surface area contributed by atoms with Gasteiger partial charge in [-0.2, -0.15) is 0 Å². The molecule has 3 N–H and O–H groups in total. The lowest BCUT2D eigenvalue weighted by Crippen LogP contribution is -2.37. The smallest absolute Gasteiger partial charge is 0.132 e. The Labute approximate surface area is 187 Å². The average molecular weight is 445 g/mol. The van der Waals surface area contributed by atoms with Crippen LogP contribution in [-0.4, -0.2) is 28.8 Å². The van der Waals surface area contributed by atoms with Crippen molar-refractivity contribution in [3.05, 3.63) is 77.8 Å². The molecule has 2 aromatic carbocycles. The summed E-state index contributed by atoms with van der Waals surface area (Å²) in [4.78, 5) is 4.75. The summed E-state index contributed by atoms with van der Waals surface area (Å²) in [6.07, 6.45) is 2.24. The van der Waals surface area contributed by atoms with E-state index in [0.29, 0.717) is 31.0 Å². The van der Waals surface area contributed by atoms with Gasteiger partial charge in [0.15, 0.2) is 0 Å². The molecule has 3 aromatic rings. The minimum atomic E-state index is -0.576. The zero-order chi connectivity index (χ0) is 23.3. The molecule has 0 bridgehead atoms. The Hall–Kier alpha value is -2.64. The highest BCUT2D eigenvalue weighted by Gasteiger charge is 2.31. The van der Waals surface area contributed by atoms with Crippen LogP contribution in [0.25, 0.3) is 11.3 Å². The summed E-state index contributed by atoms with van der Waals surface area (Å²) in [5.74, 6) is -0.350. The molecule has 0 unspecified atom stereocenters. The van der Waals surface area contributed by atoms with Crippen LogP contribution in [0, 0.1) is 17.0 Å². The van der Waals surface area contributed by atoms with Crippen molar-refractivity contribution >= 4 is 0 Å². The van der Waals surface area contributed by atoms with Gasteiger partial charge < -0.3 is 15.6 Å². The van der Waals surface area contributed by atoms with Gasteiger partial charge in [0.1, 0.15) is 24.1 Å². The third-order valence-electron chi connectivity index (χ3n) is 5.39. The minimum absolute atomic E-state index is 0.116. The maximum atomic E-state index is 14.5. The molecule has 0 aliphatic carbocycles. The van der Waals surface area contributed by atoms with E-state index in [-0.39, 0.29) is 17.0 Å². The normalized spacial score (nSPS) is 13.8. The third kappa shape index (κ3) is 5.99. The van der Waals surface area contributed by atoms with Gasteiger partial charge in [-0.05, 0) is 42.1 Å². The summed E-state index contributed by atoms with van der Waals surface area (Å²) < 4.78 is 43.1. The second-order valence-corrected chi connectivity index (χ2v) is 9.18. The summed E-state index contributed by atoms with van der Waals surface area (Å²) in [6.45, 7) is 6.68. The first kappa shape index (κ1) is 24.0. The van der Waals surface area contributed by atoms with Crippen molar-refractivity contribution in [3.8, 4) is 11.3 Å². The van der Waals surface area contributed by atoms with E-state index in [1.54, 1.807) is 6.20 Å². The lowest BCUT2D eigenvalue weighted by Gasteiger charge is -2.32. The summed E-state index contributed by atoms with van der Waals surface area (Å²) in [6, 6.07) is 12.5. The molecule has 0 spiro atoms. The lowest BCUT2D eigenvalue weighted by atomic mass is 9.86. The van der Waals surface area contributed by atoms with Crippen LogP contribution >= 0.6 is 0 Å². The quantitative estimate of drug-likeness (QED) is 0.475. The maximum Gasteiger partial charge on any atom is 0.132 e. The zero-order valence-electron chi connectivity index (χ0n) is 18.8. The number of imidazole rings is 1. The molecule has 4 nitrogen and oxygen atoms in total. The van der Waals surface area contributed by atoms with Crippen molar-refractivity contribution in [2.45, 2.75) is 45.8 Å². The molecule has 1 aromatic heterocycles. The highest BCUT2D eigenvalue weighted by molar-refractivity contribution is 5.59. The SMILES string of the molecule is CC(C)(C)[C@H](NCC[C@H](N)CF)c1nc(-c2cc(F)ccc2F)cn1Cc1ccccc1. The number of benzene rings is 2. The van der Waals surface area contributed by atoms with Gasteiger partial charge in [-0.15, -0.1) is 0 Å². The maximum absolute atomic E-state index is 14.5. The topological polar surface area (TPSA) is 55.9 Å². The fourth-order valence-corrected chi connectivity index (χ4v) is 3.67. The number of nitrogens with two attached hydrogens (primary N) is 1. The monoisotopic (exact) mass is 444 g/mol. The molecule has 3 rings (SSSR count). The molecule has 2 atom stereocenters. The van der Waals surface area contributed by atoms with Crippen molar-refractivity contribution in [1.29, 1.82) is 0 Å². The van der Waals surface area contributed by atoms with E-state index >= 15 is 0 Å². The second kappa shape index (κ2) is 10.3. The number of halogens is 3. The standard InChI is InChI=1S/C25H31F3N4/c1-25(2,3)23(30-12-11-19(29)14-26)24-31-22(20-13-18(27)9-10-21(20)28)16-32(24)15-17-7-5-4-6-8-17/h4-10,13,16,19,23,30H,11-12,14-15,29H2,1-3H3/t19-,23+/m0/s1. The number of nitrogens with one attached hydrogen (secondary N) is 1. The first-order valence-electron chi connectivity index (χ1n) is 10.8. The molecular formula is C25H31F3N4. The van der Waals surface area contributed by atoms with Crippen LogP contribution in [0.2, 0.25) is 0 Å². The van der Waals surface area contributed by atoms with Crippen molar-refractivity contribution in [2.75, 3.05) is 13.2 Å². The van der Waals surface area contributed by atoms with Gasteiger partial charge in [0, 0.05) is 24.3 Å². The molecular weight excluding hydrogens is 413 g/mol. The summed E-state index contributed by atoms with van der Waals surface area (Å²) in [5.41, 5.74) is 7.03. The van der Waals surface area contributed by atoms with Crippen molar-refractivity contribution < 1.29 is 13.2 Å². The van der Waals surface area contributed by atoms with Gasteiger partial charge >= 0.3 is 0 Å². The number of aromatic nitrogens is 2. The Kier molecular flexibility index (Phi) is 7.74. The molecule has 1 heterocycles. The second-order valence-electron chi connectivity index (χ2n) is 9.18. The molecule has 172 valence electrons. The predicted molar refractivity (Wildman–Crippen MR) is 122 cm³/mol. The van der Waals surface area contributed by atoms with Crippen molar-refractivity contribution in [2.24, 2.45) is 11.1 Å². The molecule has 0 aliphatic rings. The van der Waals surface area contributed by atoms with E-state index in [4.69, 9.17) is 10.7 Å². The Bertz CT molecular complexity index is 1010. The van der Waals surface area contributed by atoms with Gasteiger partial charge in [-0.25, -0.2) is 18.2 Å².